The lowest BCUT2D eigenvalue weighted by molar-refractivity contribution is -0.143. The molecule has 0 heterocycles. The molecule has 6 nitrogen and oxygen atoms in total. The van der Waals surface area contributed by atoms with Crippen molar-refractivity contribution in [3.8, 4) is 0 Å². The summed E-state index contributed by atoms with van der Waals surface area (Å²) in [5, 5.41) is 23.2. The molecule has 6 heteroatoms. The summed E-state index contributed by atoms with van der Waals surface area (Å²) >= 11 is 0. The summed E-state index contributed by atoms with van der Waals surface area (Å²) in [6.45, 7) is 4.91. The zero-order valence-electron chi connectivity index (χ0n) is 53.1. The van der Waals surface area contributed by atoms with Crippen LogP contribution in [0.15, 0.2) is 48.6 Å². The van der Waals surface area contributed by atoms with Crippen molar-refractivity contribution in [2.45, 2.75) is 392 Å². The van der Waals surface area contributed by atoms with Crippen molar-refractivity contribution in [1.82, 2.24) is 5.32 Å². The number of ether oxygens (including phenoxy) is 1. The van der Waals surface area contributed by atoms with Gasteiger partial charge in [0, 0.05) is 12.8 Å². The minimum absolute atomic E-state index is 0.00392. The molecular weight excluding hydrogens is 971 g/mol. The number of hydrogen-bond donors (Lipinski definition) is 3. The van der Waals surface area contributed by atoms with Crippen LogP contribution >= 0.6 is 0 Å². The van der Waals surface area contributed by atoms with Gasteiger partial charge in [0.25, 0.3) is 0 Å². The van der Waals surface area contributed by atoms with Crippen molar-refractivity contribution in [3.63, 3.8) is 0 Å². The first-order valence-corrected chi connectivity index (χ1v) is 35.4. The van der Waals surface area contributed by atoms with E-state index in [0.29, 0.717) is 19.4 Å². The highest BCUT2D eigenvalue weighted by Gasteiger charge is 2.18. The zero-order chi connectivity index (χ0) is 57.1. The predicted octanol–water partition coefficient (Wildman–Crippen LogP) is 22.9. The van der Waals surface area contributed by atoms with E-state index in [-0.39, 0.29) is 18.5 Å². The summed E-state index contributed by atoms with van der Waals surface area (Å²) < 4.78 is 5.50. The van der Waals surface area contributed by atoms with Crippen molar-refractivity contribution in [1.29, 1.82) is 0 Å². The maximum absolute atomic E-state index is 12.5. The molecule has 0 saturated carbocycles. The average Bonchev–Trinajstić information content (AvgIpc) is 3.45. The number of amides is 1. The largest absolute Gasteiger partial charge is 0.466 e. The van der Waals surface area contributed by atoms with Crippen LogP contribution in [0, 0.1) is 0 Å². The van der Waals surface area contributed by atoms with E-state index < -0.39 is 12.1 Å². The van der Waals surface area contributed by atoms with Crippen LogP contribution in [-0.4, -0.2) is 47.4 Å². The minimum Gasteiger partial charge on any atom is -0.466 e. The van der Waals surface area contributed by atoms with Crippen LogP contribution in [0.1, 0.15) is 380 Å². The molecule has 79 heavy (non-hydrogen) atoms. The van der Waals surface area contributed by atoms with Gasteiger partial charge in [0.15, 0.2) is 0 Å². The van der Waals surface area contributed by atoms with Gasteiger partial charge < -0.3 is 20.3 Å². The highest BCUT2D eigenvalue weighted by molar-refractivity contribution is 5.76. The zero-order valence-corrected chi connectivity index (χ0v) is 53.1. The molecule has 0 aromatic carbocycles. The molecule has 0 bridgehead atoms. The lowest BCUT2D eigenvalue weighted by Gasteiger charge is -2.20. The molecule has 0 aromatic rings. The van der Waals surface area contributed by atoms with E-state index >= 15 is 0 Å². The van der Waals surface area contributed by atoms with Crippen molar-refractivity contribution in [2.75, 3.05) is 13.2 Å². The number of carbonyl (C=O) groups is 2. The lowest BCUT2D eigenvalue weighted by atomic mass is 10.0. The Kier molecular flexibility index (Phi) is 66.4. The summed E-state index contributed by atoms with van der Waals surface area (Å²) in [6.07, 6.45) is 88.9. The molecule has 0 aliphatic rings. The van der Waals surface area contributed by atoms with Gasteiger partial charge in [-0.25, -0.2) is 0 Å². The number of carbonyl (C=O) groups excluding carboxylic acids is 2. The van der Waals surface area contributed by atoms with Gasteiger partial charge in [-0.05, 0) is 89.9 Å². The Morgan fingerprint density at radius 3 is 0.987 bits per heavy atom. The second-order valence-electron chi connectivity index (χ2n) is 24.2. The standard InChI is InChI=1S/C73H137NO5/c1-3-5-7-9-11-13-15-17-19-21-23-27-30-33-37-41-45-49-53-57-61-65-71(76)70(69-75)74-72(77)66-62-58-54-50-46-42-38-34-31-28-25-24-26-29-32-36-40-44-48-52-56-60-64-68-79-73(78)67-63-59-55-51-47-43-39-35-22-20-18-16-14-12-10-8-6-4-2/h14,16,20,22,28,31,61,65,70-71,75-76H,3-13,15,17-19,21,23-27,29-30,32-60,62-64,66-69H2,1-2H3,(H,74,77)/b16-14-,22-20-,31-28-,65-61+. The Labute approximate surface area is 493 Å². The van der Waals surface area contributed by atoms with Crippen molar-refractivity contribution in [2.24, 2.45) is 0 Å². The maximum Gasteiger partial charge on any atom is 0.305 e. The Balaban J connectivity index is 3.44. The number of allylic oxidation sites excluding steroid dienone is 7. The molecule has 3 N–H and O–H groups in total. The summed E-state index contributed by atoms with van der Waals surface area (Å²) in [4.78, 5) is 24.6. The van der Waals surface area contributed by atoms with Gasteiger partial charge in [-0.2, -0.15) is 0 Å². The van der Waals surface area contributed by atoms with E-state index in [2.05, 4.69) is 55.6 Å². The number of rotatable bonds is 66. The number of aliphatic hydroxyl groups excluding tert-OH is 2. The molecule has 1 amide bonds. The van der Waals surface area contributed by atoms with Gasteiger partial charge >= 0.3 is 5.97 Å². The van der Waals surface area contributed by atoms with E-state index in [4.69, 9.17) is 4.74 Å². The highest BCUT2D eigenvalue weighted by Crippen LogP contribution is 2.18. The molecular formula is C73H137NO5. The first kappa shape index (κ1) is 76.8. The van der Waals surface area contributed by atoms with E-state index in [1.807, 2.05) is 6.08 Å². The van der Waals surface area contributed by atoms with Gasteiger partial charge in [0.1, 0.15) is 0 Å². The summed E-state index contributed by atoms with van der Waals surface area (Å²) in [5.74, 6) is -0.0675. The third-order valence-corrected chi connectivity index (χ3v) is 16.3. The van der Waals surface area contributed by atoms with Crippen LogP contribution in [-0.2, 0) is 14.3 Å². The first-order chi connectivity index (χ1) is 39.0. The fourth-order valence-corrected chi connectivity index (χ4v) is 10.9. The molecule has 0 fully saturated rings. The SMILES string of the molecule is CCCCCC/C=C\C/C=C\CCCCCCCCCC(=O)OCCCCCCCCCCCCCC/C=C\CCCCCCCCCC(=O)NC(CO)C(O)/C=C/CCCCCCCCCCCCCCCCCCCCC. The molecule has 0 saturated heterocycles. The van der Waals surface area contributed by atoms with Gasteiger partial charge in [-0.15, -0.1) is 0 Å². The lowest BCUT2D eigenvalue weighted by Crippen LogP contribution is -2.45. The normalized spacial score (nSPS) is 12.8. The summed E-state index contributed by atoms with van der Waals surface area (Å²) in [6, 6.07) is -0.634. The van der Waals surface area contributed by atoms with Gasteiger partial charge in [-0.1, -0.05) is 326 Å². The Morgan fingerprint density at radius 2 is 0.633 bits per heavy atom. The number of unbranched alkanes of at least 4 members (excludes halogenated alkanes) is 49. The number of nitrogens with one attached hydrogen (secondary N) is 1. The maximum atomic E-state index is 12.5. The Hall–Kier alpha value is -2.18. The molecule has 464 valence electrons. The fourth-order valence-electron chi connectivity index (χ4n) is 10.9. The van der Waals surface area contributed by atoms with Crippen LogP contribution in [0.3, 0.4) is 0 Å². The molecule has 0 aliphatic heterocycles. The van der Waals surface area contributed by atoms with Gasteiger partial charge in [-0.3, -0.25) is 9.59 Å². The Bertz CT molecular complexity index is 1320. The molecule has 0 aliphatic carbocycles. The van der Waals surface area contributed by atoms with Gasteiger partial charge in [0.05, 0.1) is 25.4 Å². The first-order valence-electron chi connectivity index (χ1n) is 35.4. The molecule has 0 aromatic heterocycles. The smallest absolute Gasteiger partial charge is 0.305 e. The molecule has 2 unspecified atom stereocenters. The quantitative estimate of drug-likeness (QED) is 0.0320. The van der Waals surface area contributed by atoms with Gasteiger partial charge in [0.2, 0.25) is 5.91 Å². The van der Waals surface area contributed by atoms with Crippen LogP contribution in [0.25, 0.3) is 0 Å². The van der Waals surface area contributed by atoms with Crippen LogP contribution in [0.4, 0.5) is 0 Å². The van der Waals surface area contributed by atoms with Crippen LogP contribution in [0.5, 0.6) is 0 Å². The fraction of sp³-hybridized carbons (Fsp3) is 0.863. The second kappa shape index (κ2) is 68.3. The van der Waals surface area contributed by atoms with E-state index in [9.17, 15) is 19.8 Å². The number of aliphatic hydroxyl groups is 2. The molecule has 2 atom stereocenters. The van der Waals surface area contributed by atoms with Crippen LogP contribution in [0.2, 0.25) is 0 Å². The minimum atomic E-state index is -0.850. The average molecular weight is 1110 g/mol. The second-order valence-corrected chi connectivity index (χ2v) is 24.2. The van der Waals surface area contributed by atoms with Crippen molar-refractivity contribution < 1.29 is 24.5 Å². The van der Waals surface area contributed by atoms with Crippen molar-refractivity contribution in [3.05, 3.63) is 48.6 Å². The van der Waals surface area contributed by atoms with E-state index in [1.165, 1.54) is 295 Å². The third kappa shape index (κ3) is 64.8. The summed E-state index contributed by atoms with van der Waals surface area (Å²) in [5.41, 5.74) is 0. The molecule has 0 rings (SSSR count). The monoisotopic (exact) mass is 1110 g/mol. The molecule has 0 spiro atoms. The topological polar surface area (TPSA) is 95.9 Å². The van der Waals surface area contributed by atoms with E-state index in [1.54, 1.807) is 6.08 Å². The highest BCUT2D eigenvalue weighted by atomic mass is 16.5. The summed E-state index contributed by atoms with van der Waals surface area (Å²) in [7, 11) is 0. The van der Waals surface area contributed by atoms with E-state index in [0.717, 1.165) is 57.8 Å². The van der Waals surface area contributed by atoms with Crippen LogP contribution < -0.4 is 5.32 Å². The van der Waals surface area contributed by atoms with Crippen molar-refractivity contribution >= 4 is 11.9 Å². The number of esters is 1. The predicted molar refractivity (Wildman–Crippen MR) is 347 cm³/mol. The molecule has 0 radical (unpaired) electrons. The Morgan fingerprint density at radius 1 is 0.354 bits per heavy atom. The third-order valence-electron chi connectivity index (χ3n) is 16.3. The number of hydrogen-bond acceptors (Lipinski definition) is 5.